The lowest BCUT2D eigenvalue weighted by atomic mass is 10.2. The predicted octanol–water partition coefficient (Wildman–Crippen LogP) is 4.36. The van der Waals surface area contributed by atoms with E-state index >= 15 is 0 Å². The van der Waals surface area contributed by atoms with Gasteiger partial charge in [0, 0.05) is 17.2 Å². The monoisotopic (exact) mass is 390 g/mol. The molecule has 0 amide bonds. The lowest BCUT2D eigenvalue weighted by molar-refractivity contribution is 0.592. The van der Waals surface area contributed by atoms with Crippen molar-refractivity contribution in [3.05, 3.63) is 50.8 Å². The molecule has 0 spiro atoms. The first-order valence-corrected chi connectivity index (χ1v) is 7.48. The summed E-state index contributed by atoms with van der Waals surface area (Å²) in [7, 11) is 0. The van der Waals surface area contributed by atoms with E-state index in [-0.39, 0.29) is 5.82 Å². The second kappa shape index (κ2) is 6.14. The second-order valence-electron chi connectivity index (χ2n) is 3.47. The number of nitrogens with zero attached hydrogens (tertiary/aromatic N) is 1. The number of hydrogen-bond donors (Lipinski definition) is 1. The Labute approximate surface area is 125 Å². The van der Waals surface area contributed by atoms with Crippen molar-refractivity contribution in [2.45, 2.75) is 16.5 Å². The molecule has 0 atom stereocenters. The summed E-state index contributed by atoms with van der Waals surface area (Å²) < 4.78 is 15.4. The molecular formula is C12H9Br2FN2S. The summed E-state index contributed by atoms with van der Waals surface area (Å²) in [5.74, 6) is -0.298. The van der Waals surface area contributed by atoms with Crippen LogP contribution in [-0.4, -0.2) is 4.98 Å². The lowest BCUT2D eigenvalue weighted by Crippen LogP contribution is -1.99. The molecule has 2 aromatic rings. The lowest BCUT2D eigenvalue weighted by Gasteiger charge is -2.07. The molecule has 0 aliphatic heterocycles. The topological polar surface area (TPSA) is 38.9 Å². The quantitative estimate of drug-likeness (QED) is 0.844. The summed E-state index contributed by atoms with van der Waals surface area (Å²) >= 11 is 7.81. The average molecular weight is 392 g/mol. The summed E-state index contributed by atoms with van der Waals surface area (Å²) in [4.78, 5) is 4.72. The van der Waals surface area contributed by atoms with Crippen LogP contribution in [0.3, 0.4) is 0 Å². The van der Waals surface area contributed by atoms with Gasteiger partial charge in [0.15, 0.2) is 5.82 Å². The van der Waals surface area contributed by atoms with Crippen LogP contribution < -0.4 is 5.73 Å². The van der Waals surface area contributed by atoms with Crippen LogP contribution in [0.15, 0.2) is 49.3 Å². The predicted molar refractivity (Wildman–Crippen MR) is 78.1 cm³/mol. The molecule has 0 aliphatic carbocycles. The number of aromatic nitrogens is 1. The van der Waals surface area contributed by atoms with Crippen LogP contribution in [0.2, 0.25) is 0 Å². The first kappa shape index (κ1) is 14.0. The third kappa shape index (κ3) is 3.12. The first-order valence-electron chi connectivity index (χ1n) is 5.08. The van der Waals surface area contributed by atoms with Gasteiger partial charge in [-0.1, -0.05) is 17.8 Å². The van der Waals surface area contributed by atoms with Crippen LogP contribution >= 0.6 is 43.6 Å². The Balaban J connectivity index is 2.29. The van der Waals surface area contributed by atoms with E-state index in [4.69, 9.17) is 5.73 Å². The standard InChI is InChI=1S/C12H9Br2FN2S/c13-8-2-4-10(17-6-8)18-9-3-1-7(5-16)11(14)12(9)15/h1-4,6H,5,16H2. The van der Waals surface area contributed by atoms with Crippen LogP contribution in [0.4, 0.5) is 4.39 Å². The molecule has 6 heteroatoms. The Kier molecular flexibility index (Phi) is 4.77. The van der Waals surface area contributed by atoms with Crippen LogP contribution in [0.5, 0.6) is 0 Å². The van der Waals surface area contributed by atoms with Crippen molar-refractivity contribution in [2.24, 2.45) is 5.73 Å². The van der Waals surface area contributed by atoms with E-state index in [0.29, 0.717) is 15.9 Å². The Bertz CT molecular complexity index is 561. The smallest absolute Gasteiger partial charge is 0.151 e. The number of benzene rings is 1. The fraction of sp³-hybridized carbons (Fsp3) is 0.0833. The maximum absolute atomic E-state index is 14.1. The fourth-order valence-electron chi connectivity index (χ4n) is 1.34. The Morgan fingerprint density at radius 1 is 1.22 bits per heavy atom. The van der Waals surface area contributed by atoms with E-state index in [1.54, 1.807) is 12.3 Å². The second-order valence-corrected chi connectivity index (χ2v) is 6.24. The molecule has 0 saturated carbocycles. The highest BCUT2D eigenvalue weighted by Crippen LogP contribution is 2.33. The van der Waals surface area contributed by atoms with Gasteiger partial charge >= 0.3 is 0 Å². The zero-order valence-corrected chi connectivity index (χ0v) is 13.1. The molecule has 0 unspecified atom stereocenters. The maximum atomic E-state index is 14.1. The zero-order chi connectivity index (χ0) is 13.1. The number of nitrogens with two attached hydrogens (primary N) is 1. The maximum Gasteiger partial charge on any atom is 0.151 e. The number of hydrogen-bond acceptors (Lipinski definition) is 3. The molecule has 2 N–H and O–H groups in total. The van der Waals surface area contributed by atoms with Gasteiger partial charge in [0.2, 0.25) is 0 Å². The molecule has 1 aromatic carbocycles. The molecule has 0 bridgehead atoms. The zero-order valence-electron chi connectivity index (χ0n) is 9.16. The van der Waals surface area contributed by atoms with Crippen molar-refractivity contribution >= 4 is 43.6 Å². The largest absolute Gasteiger partial charge is 0.326 e. The first-order chi connectivity index (χ1) is 8.61. The van der Waals surface area contributed by atoms with E-state index < -0.39 is 0 Å². The Morgan fingerprint density at radius 2 is 2.00 bits per heavy atom. The minimum atomic E-state index is -0.298. The van der Waals surface area contributed by atoms with E-state index in [1.165, 1.54) is 11.8 Å². The normalized spacial score (nSPS) is 10.7. The van der Waals surface area contributed by atoms with Crippen molar-refractivity contribution < 1.29 is 4.39 Å². The van der Waals surface area contributed by atoms with Gasteiger partial charge in [0.05, 0.1) is 9.37 Å². The molecule has 18 heavy (non-hydrogen) atoms. The van der Waals surface area contributed by atoms with Crippen molar-refractivity contribution in [2.75, 3.05) is 0 Å². The van der Waals surface area contributed by atoms with Crippen LogP contribution in [0.1, 0.15) is 5.56 Å². The van der Waals surface area contributed by atoms with Gasteiger partial charge in [-0.3, -0.25) is 0 Å². The van der Waals surface area contributed by atoms with Crippen LogP contribution in [0, 0.1) is 5.82 Å². The molecule has 0 aliphatic rings. The van der Waals surface area contributed by atoms with Gasteiger partial charge in [-0.25, -0.2) is 9.37 Å². The van der Waals surface area contributed by atoms with Gasteiger partial charge in [-0.2, -0.15) is 0 Å². The number of halogens is 3. The Morgan fingerprint density at radius 3 is 2.61 bits per heavy atom. The molecule has 1 heterocycles. The van der Waals surface area contributed by atoms with Crippen molar-refractivity contribution in [1.29, 1.82) is 0 Å². The van der Waals surface area contributed by atoms with Gasteiger partial charge < -0.3 is 5.73 Å². The summed E-state index contributed by atoms with van der Waals surface area (Å²) in [6.07, 6.45) is 1.68. The average Bonchev–Trinajstić information content (AvgIpc) is 2.38. The molecule has 94 valence electrons. The molecular weight excluding hydrogens is 383 g/mol. The van der Waals surface area contributed by atoms with Crippen molar-refractivity contribution in [3.63, 3.8) is 0 Å². The molecule has 1 aromatic heterocycles. The van der Waals surface area contributed by atoms with Crippen LogP contribution in [-0.2, 0) is 6.54 Å². The summed E-state index contributed by atoms with van der Waals surface area (Å²) in [5, 5.41) is 0.740. The third-order valence-electron chi connectivity index (χ3n) is 2.26. The summed E-state index contributed by atoms with van der Waals surface area (Å²) in [5.41, 5.74) is 6.27. The van der Waals surface area contributed by atoms with E-state index in [2.05, 4.69) is 36.8 Å². The fourth-order valence-corrected chi connectivity index (χ4v) is 3.01. The molecule has 2 nitrogen and oxygen atoms in total. The number of rotatable bonds is 3. The van der Waals surface area contributed by atoms with E-state index in [9.17, 15) is 4.39 Å². The minimum absolute atomic E-state index is 0.298. The highest BCUT2D eigenvalue weighted by Gasteiger charge is 2.12. The van der Waals surface area contributed by atoms with Gasteiger partial charge in [0.1, 0.15) is 5.03 Å². The SMILES string of the molecule is NCc1ccc(Sc2ccc(Br)cn2)c(F)c1Br. The summed E-state index contributed by atoms with van der Waals surface area (Å²) in [6, 6.07) is 7.24. The number of pyridine rings is 1. The van der Waals surface area contributed by atoms with Gasteiger partial charge in [0.25, 0.3) is 0 Å². The van der Waals surface area contributed by atoms with E-state index in [1.807, 2.05) is 18.2 Å². The molecule has 0 fully saturated rings. The highest BCUT2D eigenvalue weighted by molar-refractivity contribution is 9.10. The van der Waals surface area contributed by atoms with Crippen molar-refractivity contribution in [3.8, 4) is 0 Å². The summed E-state index contributed by atoms with van der Waals surface area (Å²) in [6.45, 7) is 0.305. The van der Waals surface area contributed by atoms with Crippen molar-refractivity contribution in [1.82, 2.24) is 4.98 Å². The molecule has 0 radical (unpaired) electrons. The molecule has 0 saturated heterocycles. The minimum Gasteiger partial charge on any atom is -0.326 e. The van der Waals surface area contributed by atoms with Gasteiger partial charge in [-0.15, -0.1) is 0 Å². The Hall–Kier alpha value is -0.430. The molecule has 2 rings (SSSR count). The van der Waals surface area contributed by atoms with E-state index in [0.717, 1.165) is 15.1 Å². The van der Waals surface area contributed by atoms with Crippen LogP contribution in [0.25, 0.3) is 0 Å². The highest BCUT2D eigenvalue weighted by atomic mass is 79.9. The van der Waals surface area contributed by atoms with Gasteiger partial charge in [-0.05, 0) is 55.6 Å². The third-order valence-corrected chi connectivity index (χ3v) is 4.57.